The Morgan fingerprint density at radius 1 is 0.913 bits per heavy atom. The van der Waals surface area contributed by atoms with Crippen LogP contribution in [0.4, 0.5) is 13.2 Å². The number of aromatic nitrogens is 2. The molecule has 2 aromatic heterocycles. The zero-order valence-electron chi connectivity index (χ0n) is 13.4. The van der Waals surface area contributed by atoms with Gasteiger partial charge in [0.2, 0.25) is 0 Å². The maximum Gasteiger partial charge on any atom is 0.422 e. The summed E-state index contributed by atoms with van der Waals surface area (Å²) in [6.45, 7) is 5.77. The summed E-state index contributed by atoms with van der Waals surface area (Å²) >= 11 is 0. The quantitative estimate of drug-likeness (QED) is 0.904. The van der Waals surface area contributed by atoms with Crippen LogP contribution in [0, 0.1) is 27.7 Å². The van der Waals surface area contributed by atoms with Gasteiger partial charge in [0, 0.05) is 11.4 Å². The summed E-state index contributed by atoms with van der Waals surface area (Å²) < 4.78 is 40.0. The Balaban J connectivity index is 0.000000253. The molecule has 23 heavy (non-hydrogen) atoms. The molecule has 0 aliphatic heterocycles. The van der Waals surface area contributed by atoms with E-state index in [0.29, 0.717) is 11.4 Å². The molecule has 7 heteroatoms. The van der Waals surface area contributed by atoms with E-state index in [1.165, 1.54) is 6.07 Å². The van der Waals surface area contributed by atoms with Gasteiger partial charge >= 0.3 is 6.18 Å². The van der Waals surface area contributed by atoms with Crippen LogP contribution in [0.15, 0.2) is 24.3 Å². The molecule has 4 nitrogen and oxygen atoms in total. The third kappa shape index (κ3) is 6.99. The normalized spacial score (nSPS) is 10.7. The Hall–Kier alpha value is -2.31. The highest BCUT2D eigenvalue weighted by Crippen LogP contribution is 2.20. The predicted octanol–water partition coefficient (Wildman–Crippen LogP) is 4.04. The van der Waals surface area contributed by atoms with Crippen molar-refractivity contribution < 1.29 is 23.0 Å². The van der Waals surface area contributed by atoms with E-state index in [1.54, 1.807) is 39.0 Å². The van der Waals surface area contributed by atoms with Crippen molar-refractivity contribution >= 4 is 0 Å². The maximum absolute atomic E-state index is 11.8. The van der Waals surface area contributed by atoms with Crippen molar-refractivity contribution in [3.63, 3.8) is 0 Å². The van der Waals surface area contributed by atoms with E-state index < -0.39 is 12.8 Å². The summed E-state index contributed by atoms with van der Waals surface area (Å²) in [4.78, 5) is 8.01. The minimum atomic E-state index is -4.31. The van der Waals surface area contributed by atoms with Crippen molar-refractivity contribution in [2.24, 2.45) is 0 Å². The van der Waals surface area contributed by atoms with Gasteiger partial charge in [0.25, 0.3) is 0 Å². The Kier molecular flexibility index (Phi) is 6.36. The summed E-state index contributed by atoms with van der Waals surface area (Å²) in [7, 11) is 0. The third-order valence-electron chi connectivity index (χ3n) is 2.77. The van der Waals surface area contributed by atoms with Gasteiger partial charge in [-0.05, 0) is 52.0 Å². The zero-order valence-corrected chi connectivity index (χ0v) is 13.4. The van der Waals surface area contributed by atoms with E-state index in [-0.39, 0.29) is 11.5 Å². The Bertz CT molecular complexity index is 658. The highest BCUT2D eigenvalue weighted by Gasteiger charge is 2.28. The van der Waals surface area contributed by atoms with Gasteiger partial charge in [0.15, 0.2) is 6.61 Å². The van der Waals surface area contributed by atoms with E-state index in [9.17, 15) is 13.2 Å². The molecular formula is C16H19F3N2O2. The molecule has 0 spiro atoms. The van der Waals surface area contributed by atoms with Crippen molar-refractivity contribution in [3.05, 3.63) is 47.0 Å². The predicted molar refractivity (Wildman–Crippen MR) is 80.6 cm³/mol. The lowest BCUT2D eigenvalue weighted by Gasteiger charge is -2.10. The van der Waals surface area contributed by atoms with Crippen LogP contribution in [0.25, 0.3) is 0 Å². The summed E-state index contributed by atoms with van der Waals surface area (Å²) in [5.41, 5.74) is 2.84. The number of aromatic hydroxyl groups is 1. The molecule has 0 saturated carbocycles. The number of halogens is 3. The maximum atomic E-state index is 11.8. The number of rotatable bonds is 2. The SMILES string of the molecule is Cc1ccc(O)c(C)n1.Cc1ccc(OCC(F)(F)F)c(C)n1. The second-order valence-corrected chi connectivity index (χ2v) is 5.00. The molecule has 0 saturated heterocycles. The largest absolute Gasteiger partial charge is 0.506 e. The molecule has 2 rings (SSSR count). The Morgan fingerprint density at radius 3 is 1.87 bits per heavy atom. The number of alkyl halides is 3. The molecule has 0 unspecified atom stereocenters. The van der Waals surface area contributed by atoms with Gasteiger partial charge in [-0.2, -0.15) is 13.2 Å². The molecule has 0 bridgehead atoms. The summed E-state index contributed by atoms with van der Waals surface area (Å²) in [6.07, 6.45) is -4.31. The number of ether oxygens (including phenoxy) is 1. The van der Waals surface area contributed by atoms with E-state index in [0.717, 1.165) is 11.4 Å². The molecule has 1 N–H and O–H groups in total. The number of hydrogen-bond donors (Lipinski definition) is 1. The highest BCUT2D eigenvalue weighted by atomic mass is 19.4. The number of hydrogen-bond acceptors (Lipinski definition) is 4. The van der Waals surface area contributed by atoms with E-state index >= 15 is 0 Å². The minimum Gasteiger partial charge on any atom is -0.506 e. The van der Waals surface area contributed by atoms with Gasteiger partial charge in [-0.25, -0.2) is 0 Å². The molecule has 0 amide bonds. The lowest BCUT2D eigenvalue weighted by atomic mass is 10.3. The van der Waals surface area contributed by atoms with Gasteiger partial charge < -0.3 is 9.84 Å². The van der Waals surface area contributed by atoms with Gasteiger partial charge in [-0.1, -0.05) is 0 Å². The summed E-state index contributed by atoms with van der Waals surface area (Å²) in [6, 6.07) is 6.53. The first kappa shape index (κ1) is 18.7. The lowest BCUT2D eigenvalue weighted by molar-refractivity contribution is -0.153. The van der Waals surface area contributed by atoms with Gasteiger partial charge in [-0.3, -0.25) is 9.97 Å². The van der Waals surface area contributed by atoms with Crippen LogP contribution in [-0.4, -0.2) is 27.9 Å². The van der Waals surface area contributed by atoms with Crippen LogP contribution in [0.3, 0.4) is 0 Å². The minimum absolute atomic E-state index is 0.174. The first-order valence-corrected chi connectivity index (χ1v) is 6.85. The van der Waals surface area contributed by atoms with Gasteiger partial charge in [0.1, 0.15) is 11.5 Å². The Labute approximate surface area is 133 Å². The molecule has 0 radical (unpaired) electrons. The summed E-state index contributed by atoms with van der Waals surface area (Å²) in [5, 5.41) is 8.98. The molecule has 2 heterocycles. The van der Waals surface area contributed by atoms with Crippen molar-refractivity contribution in [3.8, 4) is 11.5 Å². The van der Waals surface area contributed by atoms with E-state index in [2.05, 4.69) is 14.7 Å². The van der Waals surface area contributed by atoms with Crippen LogP contribution in [-0.2, 0) is 0 Å². The van der Waals surface area contributed by atoms with Crippen LogP contribution in [0.5, 0.6) is 11.5 Å². The first-order valence-electron chi connectivity index (χ1n) is 6.85. The fourth-order valence-corrected chi connectivity index (χ4v) is 1.67. The van der Waals surface area contributed by atoms with Crippen LogP contribution in [0.2, 0.25) is 0 Å². The molecule has 0 aliphatic rings. The van der Waals surface area contributed by atoms with Crippen molar-refractivity contribution in [2.45, 2.75) is 33.9 Å². The number of pyridine rings is 2. The fraction of sp³-hybridized carbons (Fsp3) is 0.375. The van der Waals surface area contributed by atoms with Crippen LogP contribution in [0.1, 0.15) is 22.8 Å². The Morgan fingerprint density at radius 2 is 1.43 bits per heavy atom. The third-order valence-corrected chi connectivity index (χ3v) is 2.77. The first-order chi connectivity index (χ1) is 10.6. The molecule has 2 aromatic rings. The standard InChI is InChI=1S/C9H10F3NO.C7H9NO/c1-6-3-4-8(7(2)13-6)14-5-9(10,11)12;1-5-3-4-7(9)6(2)8-5/h3-4H,5H2,1-2H3;3-4,9H,1-2H3. The van der Waals surface area contributed by atoms with Crippen LogP contribution < -0.4 is 4.74 Å². The van der Waals surface area contributed by atoms with E-state index in [1.807, 2.05) is 6.92 Å². The second-order valence-electron chi connectivity index (χ2n) is 5.00. The van der Waals surface area contributed by atoms with Crippen molar-refractivity contribution in [1.29, 1.82) is 0 Å². The molecule has 0 aromatic carbocycles. The average molecular weight is 328 g/mol. The highest BCUT2D eigenvalue weighted by molar-refractivity contribution is 5.28. The average Bonchev–Trinajstić information content (AvgIpc) is 2.42. The van der Waals surface area contributed by atoms with Gasteiger partial charge in [0.05, 0.1) is 11.4 Å². The molecule has 0 atom stereocenters. The molecule has 126 valence electrons. The fourth-order valence-electron chi connectivity index (χ4n) is 1.67. The van der Waals surface area contributed by atoms with Crippen molar-refractivity contribution in [1.82, 2.24) is 9.97 Å². The topological polar surface area (TPSA) is 55.2 Å². The van der Waals surface area contributed by atoms with E-state index in [4.69, 9.17) is 5.11 Å². The summed E-state index contributed by atoms with van der Waals surface area (Å²) in [5.74, 6) is 0.438. The molecular weight excluding hydrogens is 309 g/mol. The molecule has 0 aliphatic carbocycles. The zero-order chi connectivity index (χ0) is 17.6. The molecule has 0 fully saturated rings. The monoisotopic (exact) mass is 328 g/mol. The number of nitrogens with zero attached hydrogens (tertiary/aromatic N) is 2. The van der Waals surface area contributed by atoms with Crippen molar-refractivity contribution in [2.75, 3.05) is 6.61 Å². The smallest absolute Gasteiger partial charge is 0.422 e. The lowest BCUT2D eigenvalue weighted by Crippen LogP contribution is -2.19. The second kappa shape index (κ2) is 7.80. The van der Waals surface area contributed by atoms with Gasteiger partial charge in [-0.15, -0.1) is 0 Å². The van der Waals surface area contributed by atoms with Crippen LogP contribution >= 0.6 is 0 Å². The number of aryl methyl sites for hydroxylation is 4.